The maximum absolute atomic E-state index is 14.9. The molecule has 6 nitrogen and oxygen atoms in total. The van der Waals surface area contributed by atoms with Crippen molar-refractivity contribution in [2.45, 2.75) is 27.2 Å². The summed E-state index contributed by atoms with van der Waals surface area (Å²) in [6, 6.07) is 5.38. The highest BCUT2D eigenvalue weighted by atomic mass is 19.1. The topological polar surface area (TPSA) is 77.8 Å². The monoisotopic (exact) mass is 367 g/mol. The molecule has 3 aromatic rings. The molecule has 0 unspecified atom stereocenters. The molecule has 4 rings (SSSR count). The number of halogens is 1. The van der Waals surface area contributed by atoms with Crippen LogP contribution in [0.5, 0.6) is 5.88 Å². The third-order valence-electron chi connectivity index (χ3n) is 5.21. The minimum atomic E-state index is -0.321. The van der Waals surface area contributed by atoms with E-state index in [0.717, 1.165) is 28.8 Å². The van der Waals surface area contributed by atoms with Gasteiger partial charge in [-0.3, -0.25) is 4.99 Å². The first-order valence-corrected chi connectivity index (χ1v) is 8.96. The van der Waals surface area contributed by atoms with Gasteiger partial charge in [-0.05, 0) is 48.6 Å². The molecule has 27 heavy (non-hydrogen) atoms. The van der Waals surface area contributed by atoms with Gasteiger partial charge in [-0.15, -0.1) is 5.10 Å². The summed E-state index contributed by atoms with van der Waals surface area (Å²) in [6.07, 6.45) is 2.54. The van der Waals surface area contributed by atoms with Gasteiger partial charge < -0.3 is 10.5 Å². The molecule has 2 aromatic heterocycles. The van der Waals surface area contributed by atoms with Gasteiger partial charge in [-0.25, -0.2) is 8.91 Å². The Kier molecular flexibility index (Phi) is 4.09. The number of hydrogen-bond donors (Lipinski definition) is 1. The molecule has 0 saturated carbocycles. The summed E-state index contributed by atoms with van der Waals surface area (Å²) in [5.41, 5.74) is 10.3. The molecule has 140 valence electrons. The number of aliphatic imine (C=N–C) groups is 1. The van der Waals surface area contributed by atoms with Crippen LogP contribution in [0.1, 0.15) is 26.3 Å². The average molecular weight is 367 g/mol. The molecule has 1 atom stereocenters. The van der Waals surface area contributed by atoms with Crippen LogP contribution >= 0.6 is 0 Å². The minimum Gasteiger partial charge on any atom is -0.479 e. The van der Waals surface area contributed by atoms with Crippen LogP contribution in [0.3, 0.4) is 0 Å². The van der Waals surface area contributed by atoms with E-state index in [2.05, 4.69) is 28.9 Å². The Labute approximate surface area is 156 Å². The summed E-state index contributed by atoms with van der Waals surface area (Å²) in [6.45, 7) is 6.32. The van der Waals surface area contributed by atoms with Gasteiger partial charge in [0, 0.05) is 23.4 Å². The fourth-order valence-electron chi connectivity index (χ4n) is 3.84. The van der Waals surface area contributed by atoms with Crippen molar-refractivity contribution in [2.24, 2.45) is 16.8 Å². The molecule has 1 aliphatic heterocycles. The number of ether oxygens (including phenoxy) is 1. The third-order valence-corrected chi connectivity index (χ3v) is 5.21. The van der Waals surface area contributed by atoms with Crippen molar-refractivity contribution < 1.29 is 9.13 Å². The van der Waals surface area contributed by atoms with Gasteiger partial charge in [0.05, 0.1) is 7.11 Å². The van der Waals surface area contributed by atoms with Crippen molar-refractivity contribution in [2.75, 3.05) is 12.8 Å². The van der Waals surface area contributed by atoms with Gasteiger partial charge in [-0.1, -0.05) is 13.8 Å². The van der Waals surface area contributed by atoms with Crippen molar-refractivity contribution >= 4 is 22.9 Å². The van der Waals surface area contributed by atoms with Gasteiger partial charge in [0.2, 0.25) is 11.8 Å². The van der Waals surface area contributed by atoms with Gasteiger partial charge in [0.15, 0.2) is 0 Å². The van der Waals surface area contributed by atoms with E-state index in [9.17, 15) is 4.39 Å². The summed E-state index contributed by atoms with van der Waals surface area (Å²) in [5.74, 6) is 0.909. The summed E-state index contributed by atoms with van der Waals surface area (Å²) in [7, 11) is 1.52. The van der Waals surface area contributed by atoms with Crippen molar-refractivity contribution in [3.05, 3.63) is 35.8 Å². The van der Waals surface area contributed by atoms with Gasteiger partial charge in [0.1, 0.15) is 17.0 Å². The van der Waals surface area contributed by atoms with E-state index in [4.69, 9.17) is 10.5 Å². The third kappa shape index (κ3) is 2.83. The molecule has 0 amide bonds. The molecule has 0 radical (unpaired) electrons. The van der Waals surface area contributed by atoms with E-state index in [-0.39, 0.29) is 11.8 Å². The number of anilines is 1. The lowest BCUT2D eigenvalue weighted by Gasteiger charge is -2.26. The van der Waals surface area contributed by atoms with Crippen molar-refractivity contribution in [3.63, 3.8) is 0 Å². The van der Waals surface area contributed by atoms with Crippen molar-refractivity contribution in [3.8, 4) is 17.0 Å². The lowest BCUT2D eigenvalue weighted by molar-refractivity contribution is 0.400. The zero-order chi connectivity index (χ0) is 19.3. The second-order valence-electron chi connectivity index (χ2n) is 7.28. The molecule has 0 aliphatic carbocycles. The summed E-state index contributed by atoms with van der Waals surface area (Å²) < 4.78 is 21.8. The number of rotatable bonds is 3. The number of nitrogens with two attached hydrogens (primary N) is 1. The highest BCUT2D eigenvalue weighted by molar-refractivity contribution is 5.91. The predicted molar refractivity (Wildman–Crippen MR) is 104 cm³/mol. The fraction of sp³-hybridized carbons (Fsp3) is 0.350. The normalized spacial score (nSPS) is 16.5. The van der Waals surface area contributed by atoms with Crippen molar-refractivity contribution in [1.82, 2.24) is 14.6 Å². The largest absolute Gasteiger partial charge is 0.479 e. The summed E-state index contributed by atoms with van der Waals surface area (Å²) in [5, 5.41) is 4.17. The van der Waals surface area contributed by atoms with Crippen LogP contribution in [-0.2, 0) is 6.42 Å². The Morgan fingerprint density at radius 1 is 1.33 bits per heavy atom. The van der Waals surface area contributed by atoms with E-state index >= 15 is 0 Å². The molecule has 0 bridgehead atoms. The van der Waals surface area contributed by atoms with Gasteiger partial charge in [-0.2, -0.15) is 4.98 Å². The average Bonchev–Trinajstić information content (AvgIpc) is 3.04. The second-order valence-corrected chi connectivity index (χ2v) is 7.28. The number of benzene rings is 1. The van der Waals surface area contributed by atoms with Gasteiger partial charge in [0.25, 0.3) is 0 Å². The standard InChI is InChI=1S/C20H22FN5O/c1-10(2)15-8-13-7-12(9-16(21)17(13)23-11(15)3)14-5-6-26-18(14)19(27-4)24-20(22)25-26/h5-7,9-10,15H,8H2,1-4H3,(H2,22,25)/t15-/m1/s1. The van der Waals surface area contributed by atoms with Crippen LogP contribution in [0.15, 0.2) is 29.4 Å². The molecule has 0 saturated heterocycles. The molecule has 0 spiro atoms. The molecule has 2 N–H and O–H groups in total. The van der Waals surface area contributed by atoms with E-state index in [1.165, 1.54) is 13.2 Å². The number of methoxy groups -OCH3 is 1. The minimum absolute atomic E-state index is 0.114. The fourth-order valence-corrected chi connectivity index (χ4v) is 3.84. The number of nitrogen functional groups attached to an aromatic ring is 1. The number of hydrogen-bond acceptors (Lipinski definition) is 5. The molecule has 1 aromatic carbocycles. The van der Waals surface area contributed by atoms with Crippen LogP contribution < -0.4 is 10.5 Å². The second kappa shape index (κ2) is 6.33. The van der Waals surface area contributed by atoms with Crippen LogP contribution in [0.2, 0.25) is 0 Å². The molecule has 0 fully saturated rings. The quantitative estimate of drug-likeness (QED) is 0.758. The first-order chi connectivity index (χ1) is 12.9. The summed E-state index contributed by atoms with van der Waals surface area (Å²) >= 11 is 0. The Morgan fingerprint density at radius 2 is 2.11 bits per heavy atom. The summed E-state index contributed by atoms with van der Waals surface area (Å²) in [4.78, 5) is 8.69. The maximum atomic E-state index is 14.9. The number of nitrogens with zero attached hydrogens (tertiary/aromatic N) is 4. The highest BCUT2D eigenvalue weighted by Gasteiger charge is 2.26. The zero-order valence-electron chi connectivity index (χ0n) is 15.8. The first kappa shape index (κ1) is 17.5. The Bertz CT molecular complexity index is 1070. The Balaban J connectivity index is 1.89. The molecular formula is C20H22FN5O. The smallest absolute Gasteiger partial charge is 0.243 e. The highest BCUT2D eigenvalue weighted by Crippen LogP contribution is 2.39. The lowest BCUT2D eigenvalue weighted by atomic mass is 9.82. The van der Waals surface area contributed by atoms with E-state index in [0.29, 0.717) is 28.9 Å². The first-order valence-electron chi connectivity index (χ1n) is 8.96. The van der Waals surface area contributed by atoms with E-state index in [1.807, 2.05) is 19.1 Å². The molecule has 1 aliphatic rings. The molecular weight excluding hydrogens is 345 g/mol. The van der Waals surface area contributed by atoms with E-state index in [1.54, 1.807) is 10.7 Å². The van der Waals surface area contributed by atoms with Crippen LogP contribution in [0, 0.1) is 17.7 Å². The van der Waals surface area contributed by atoms with E-state index < -0.39 is 0 Å². The molecule has 3 heterocycles. The van der Waals surface area contributed by atoms with Crippen LogP contribution in [0.4, 0.5) is 16.0 Å². The Morgan fingerprint density at radius 3 is 2.81 bits per heavy atom. The SMILES string of the molecule is COc1nc(N)nn2ccc(-c3cc(F)c4c(c3)C[C@H](C(C)C)C(C)=N4)c12. The maximum Gasteiger partial charge on any atom is 0.243 e. The predicted octanol–water partition coefficient (Wildman–Crippen LogP) is 4.05. The molecule has 7 heteroatoms. The van der Waals surface area contributed by atoms with Crippen LogP contribution in [-0.4, -0.2) is 27.4 Å². The zero-order valence-corrected chi connectivity index (χ0v) is 15.8. The van der Waals surface area contributed by atoms with Gasteiger partial charge >= 0.3 is 0 Å². The van der Waals surface area contributed by atoms with Crippen LogP contribution in [0.25, 0.3) is 16.6 Å². The number of aromatic nitrogens is 3. The Hall–Kier alpha value is -2.96. The van der Waals surface area contributed by atoms with Crippen molar-refractivity contribution in [1.29, 1.82) is 0 Å². The lowest BCUT2D eigenvalue weighted by Crippen LogP contribution is -2.23. The number of fused-ring (bicyclic) bond motifs is 2.